The standard InChI is InChI=1S/C17H19FN2O/c18-16-9-14(13-3-7-19-8-4-13)1-2-15(16)10-20-11-17(12-21)5-6-17/h1-4,7-9,20-21H,5-6,10-12H2. The zero-order valence-corrected chi connectivity index (χ0v) is 11.8. The van der Waals surface area contributed by atoms with Crippen LogP contribution in [0, 0.1) is 11.2 Å². The minimum absolute atomic E-state index is 0.0491. The second-order valence-electron chi connectivity index (χ2n) is 5.80. The van der Waals surface area contributed by atoms with Crippen LogP contribution >= 0.6 is 0 Å². The van der Waals surface area contributed by atoms with Gasteiger partial charge in [0.05, 0.1) is 0 Å². The number of pyridine rings is 1. The van der Waals surface area contributed by atoms with Gasteiger partial charge in [0.25, 0.3) is 0 Å². The van der Waals surface area contributed by atoms with Crippen LogP contribution in [-0.4, -0.2) is 23.2 Å². The Labute approximate surface area is 123 Å². The Morgan fingerprint density at radius 1 is 1.14 bits per heavy atom. The van der Waals surface area contributed by atoms with Gasteiger partial charge in [0.2, 0.25) is 0 Å². The molecule has 0 unspecified atom stereocenters. The van der Waals surface area contributed by atoms with E-state index in [0.29, 0.717) is 12.1 Å². The summed E-state index contributed by atoms with van der Waals surface area (Å²) in [6, 6.07) is 9.03. The zero-order valence-electron chi connectivity index (χ0n) is 11.8. The van der Waals surface area contributed by atoms with Crippen molar-refractivity contribution in [2.75, 3.05) is 13.2 Å². The van der Waals surface area contributed by atoms with Crippen molar-refractivity contribution in [3.63, 3.8) is 0 Å². The Hall–Kier alpha value is -1.78. The topological polar surface area (TPSA) is 45.1 Å². The Kier molecular flexibility index (Phi) is 3.99. The highest BCUT2D eigenvalue weighted by Crippen LogP contribution is 2.44. The van der Waals surface area contributed by atoms with Crippen LogP contribution in [0.15, 0.2) is 42.7 Å². The summed E-state index contributed by atoms with van der Waals surface area (Å²) in [6.07, 6.45) is 5.51. The van der Waals surface area contributed by atoms with E-state index in [1.807, 2.05) is 24.3 Å². The van der Waals surface area contributed by atoms with E-state index in [-0.39, 0.29) is 17.8 Å². The maximum absolute atomic E-state index is 14.1. The molecule has 2 N–H and O–H groups in total. The lowest BCUT2D eigenvalue weighted by Crippen LogP contribution is -2.26. The normalized spacial score (nSPS) is 15.9. The van der Waals surface area contributed by atoms with Gasteiger partial charge in [-0.15, -0.1) is 0 Å². The van der Waals surface area contributed by atoms with E-state index in [1.54, 1.807) is 18.5 Å². The predicted octanol–water partition coefficient (Wildman–Crippen LogP) is 2.75. The van der Waals surface area contributed by atoms with Gasteiger partial charge in [0.1, 0.15) is 5.82 Å². The second-order valence-corrected chi connectivity index (χ2v) is 5.80. The second kappa shape index (κ2) is 5.92. The fourth-order valence-electron chi connectivity index (χ4n) is 2.44. The van der Waals surface area contributed by atoms with Gasteiger partial charge in [-0.2, -0.15) is 0 Å². The molecule has 1 aromatic carbocycles. The van der Waals surface area contributed by atoms with Crippen LogP contribution in [0.25, 0.3) is 11.1 Å². The van der Waals surface area contributed by atoms with Crippen molar-refractivity contribution in [3.8, 4) is 11.1 Å². The molecule has 1 aliphatic rings. The van der Waals surface area contributed by atoms with Gasteiger partial charge in [-0.05, 0) is 42.2 Å². The van der Waals surface area contributed by atoms with Gasteiger partial charge in [0.15, 0.2) is 0 Å². The fraction of sp³-hybridized carbons (Fsp3) is 0.353. The molecule has 2 aromatic rings. The number of nitrogens with zero attached hydrogens (tertiary/aromatic N) is 1. The van der Waals surface area contributed by atoms with Crippen molar-refractivity contribution < 1.29 is 9.50 Å². The van der Waals surface area contributed by atoms with E-state index >= 15 is 0 Å². The van der Waals surface area contributed by atoms with Gasteiger partial charge in [0, 0.05) is 43.1 Å². The molecule has 0 radical (unpaired) electrons. The van der Waals surface area contributed by atoms with Crippen LogP contribution in [-0.2, 0) is 6.54 Å². The minimum atomic E-state index is -0.203. The van der Waals surface area contributed by atoms with Crippen LogP contribution in [0.3, 0.4) is 0 Å². The first kappa shape index (κ1) is 14.2. The molecular formula is C17H19FN2O. The zero-order chi connectivity index (χ0) is 14.7. The largest absolute Gasteiger partial charge is 0.396 e. The van der Waals surface area contributed by atoms with Crippen LogP contribution in [0.5, 0.6) is 0 Å². The highest BCUT2D eigenvalue weighted by molar-refractivity contribution is 5.63. The Morgan fingerprint density at radius 2 is 1.90 bits per heavy atom. The first-order chi connectivity index (χ1) is 10.2. The highest BCUT2D eigenvalue weighted by Gasteiger charge is 2.41. The molecule has 0 atom stereocenters. The molecule has 1 fully saturated rings. The number of aliphatic hydroxyl groups excluding tert-OH is 1. The third-order valence-electron chi connectivity index (χ3n) is 4.17. The van der Waals surface area contributed by atoms with Crippen molar-refractivity contribution in [1.82, 2.24) is 10.3 Å². The van der Waals surface area contributed by atoms with Crippen LogP contribution in [0.2, 0.25) is 0 Å². The molecule has 1 saturated carbocycles. The number of rotatable bonds is 6. The summed E-state index contributed by atoms with van der Waals surface area (Å²) in [7, 11) is 0. The van der Waals surface area contributed by atoms with Gasteiger partial charge in [-0.25, -0.2) is 4.39 Å². The lowest BCUT2D eigenvalue weighted by atomic mass is 10.0. The number of aromatic nitrogens is 1. The van der Waals surface area contributed by atoms with Gasteiger partial charge in [-0.3, -0.25) is 4.98 Å². The summed E-state index contributed by atoms with van der Waals surface area (Å²) >= 11 is 0. The summed E-state index contributed by atoms with van der Waals surface area (Å²) < 4.78 is 14.1. The van der Waals surface area contributed by atoms with Crippen molar-refractivity contribution in [2.45, 2.75) is 19.4 Å². The molecule has 0 spiro atoms. The Morgan fingerprint density at radius 3 is 2.52 bits per heavy atom. The molecular weight excluding hydrogens is 267 g/mol. The van der Waals surface area contributed by atoms with Crippen molar-refractivity contribution in [1.29, 1.82) is 0 Å². The average molecular weight is 286 g/mol. The first-order valence-electron chi connectivity index (χ1n) is 7.23. The van der Waals surface area contributed by atoms with Gasteiger partial charge >= 0.3 is 0 Å². The maximum Gasteiger partial charge on any atom is 0.128 e. The SMILES string of the molecule is OCC1(CNCc2ccc(-c3ccncc3)cc2F)CC1. The summed E-state index contributed by atoms with van der Waals surface area (Å²) in [5.41, 5.74) is 2.52. The number of hydrogen-bond acceptors (Lipinski definition) is 3. The molecule has 3 rings (SSSR count). The molecule has 1 aromatic heterocycles. The molecule has 4 heteroatoms. The summed E-state index contributed by atoms with van der Waals surface area (Å²) in [5.74, 6) is -0.203. The molecule has 110 valence electrons. The van der Waals surface area contributed by atoms with E-state index in [0.717, 1.165) is 30.5 Å². The molecule has 3 nitrogen and oxygen atoms in total. The van der Waals surface area contributed by atoms with Crippen molar-refractivity contribution in [3.05, 3.63) is 54.1 Å². The molecule has 0 aliphatic heterocycles. The number of benzene rings is 1. The van der Waals surface area contributed by atoms with Gasteiger partial charge in [-0.1, -0.05) is 12.1 Å². The monoisotopic (exact) mass is 286 g/mol. The maximum atomic E-state index is 14.1. The van der Waals surface area contributed by atoms with E-state index in [9.17, 15) is 9.50 Å². The molecule has 0 saturated heterocycles. The van der Waals surface area contributed by atoms with E-state index in [2.05, 4.69) is 10.3 Å². The minimum Gasteiger partial charge on any atom is -0.396 e. The fourth-order valence-corrected chi connectivity index (χ4v) is 2.44. The number of nitrogens with one attached hydrogen (secondary N) is 1. The van der Waals surface area contributed by atoms with Crippen LogP contribution in [0.4, 0.5) is 4.39 Å². The van der Waals surface area contributed by atoms with E-state index < -0.39 is 0 Å². The summed E-state index contributed by atoms with van der Waals surface area (Å²) in [5, 5.41) is 12.5. The number of hydrogen-bond donors (Lipinski definition) is 2. The summed E-state index contributed by atoms with van der Waals surface area (Å²) in [6.45, 7) is 1.45. The van der Waals surface area contributed by atoms with E-state index in [4.69, 9.17) is 0 Å². The third kappa shape index (κ3) is 3.28. The van der Waals surface area contributed by atoms with Crippen LogP contribution in [0.1, 0.15) is 18.4 Å². The lowest BCUT2D eigenvalue weighted by Gasteiger charge is -2.13. The van der Waals surface area contributed by atoms with Crippen LogP contribution < -0.4 is 5.32 Å². The smallest absolute Gasteiger partial charge is 0.128 e. The molecule has 21 heavy (non-hydrogen) atoms. The number of halogens is 1. The molecule has 0 bridgehead atoms. The Balaban J connectivity index is 1.64. The molecule has 1 aliphatic carbocycles. The number of aliphatic hydroxyl groups is 1. The lowest BCUT2D eigenvalue weighted by molar-refractivity contribution is 0.207. The third-order valence-corrected chi connectivity index (χ3v) is 4.17. The molecule has 0 amide bonds. The average Bonchev–Trinajstić information content (AvgIpc) is 3.30. The predicted molar refractivity (Wildman–Crippen MR) is 80.1 cm³/mol. The summed E-state index contributed by atoms with van der Waals surface area (Å²) in [4.78, 5) is 3.96. The first-order valence-corrected chi connectivity index (χ1v) is 7.23. The molecule has 1 heterocycles. The quantitative estimate of drug-likeness (QED) is 0.858. The van der Waals surface area contributed by atoms with Crippen molar-refractivity contribution in [2.24, 2.45) is 5.41 Å². The highest BCUT2D eigenvalue weighted by atomic mass is 19.1. The van der Waals surface area contributed by atoms with Gasteiger partial charge < -0.3 is 10.4 Å². The van der Waals surface area contributed by atoms with Crippen molar-refractivity contribution >= 4 is 0 Å². The van der Waals surface area contributed by atoms with E-state index in [1.165, 1.54) is 0 Å². The Bertz CT molecular complexity index is 611.